The molecule has 4 nitrogen and oxygen atoms in total. The van der Waals surface area contributed by atoms with E-state index in [1.807, 2.05) is 26.2 Å². The van der Waals surface area contributed by atoms with Gasteiger partial charge in [0.25, 0.3) is 0 Å². The molecule has 162 valence electrons. The SMILES string of the molecule is CC(C)[C@@H]1CC[C@@H](C)C[C@H]1O[C@H]1C[C@@H](c2ccc(N(C)C)c3ccccc23)C(=O)O1. The largest absolute Gasteiger partial charge is 0.435 e. The van der Waals surface area contributed by atoms with Gasteiger partial charge >= 0.3 is 5.97 Å². The Kier molecular flexibility index (Phi) is 6.06. The summed E-state index contributed by atoms with van der Waals surface area (Å²) in [6.45, 7) is 6.85. The third-order valence-corrected chi connectivity index (χ3v) is 7.04. The molecule has 5 atom stereocenters. The fourth-order valence-electron chi connectivity index (χ4n) is 5.35. The van der Waals surface area contributed by atoms with Crippen molar-refractivity contribution in [3.63, 3.8) is 0 Å². The molecule has 0 unspecified atom stereocenters. The Hall–Kier alpha value is -2.07. The van der Waals surface area contributed by atoms with Gasteiger partial charge in [0.2, 0.25) is 6.29 Å². The highest BCUT2D eigenvalue weighted by Gasteiger charge is 2.41. The molecule has 1 aliphatic heterocycles. The molecule has 1 heterocycles. The summed E-state index contributed by atoms with van der Waals surface area (Å²) in [5, 5.41) is 2.29. The molecule has 2 aromatic rings. The maximum absolute atomic E-state index is 12.9. The Morgan fingerprint density at radius 1 is 1.03 bits per heavy atom. The van der Waals surface area contributed by atoms with Gasteiger partial charge in [-0.1, -0.05) is 57.5 Å². The van der Waals surface area contributed by atoms with Crippen LogP contribution in [0, 0.1) is 17.8 Å². The molecule has 1 saturated carbocycles. The second kappa shape index (κ2) is 8.58. The zero-order valence-electron chi connectivity index (χ0n) is 18.9. The van der Waals surface area contributed by atoms with Gasteiger partial charge in [0.05, 0.1) is 12.0 Å². The first kappa shape index (κ1) is 21.2. The summed E-state index contributed by atoms with van der Waals surface area (Å²) in [5.74, 6) is 1.36. The van der Waals surface area contributed by atoms with Crippen LogP contribution in [0.2, 0.25) is 0 Å². The highest BCUT2D eigenvalue weighted by Crippen LogP contribution is 2.41. The zero-order valence-corrected chi connectivity index (χ0v) is 18.9. The molecule has 30 heavy (non-hydrogen) atoms. The number of nitrogens with zero attached hydrogens (tertiary/aromatic N) is 1. The maximum Gasteiger partial charge on any atom is 0.315 e. The van der Waals surface area contributed by atoms with E-state index in [9.17, 15) is 4.79 Å². The highest BCUT2D eigenvalue weighted by molar-refractivity contribution is 5.99. The number of anilines is 1. The molecule has 0 radical (unpaired) electrons. The maximum atomic E-state index is 12.9. The lowest BCUT2D eigenvalue weighted by Gasteiger charge is -2.38. The Morgan fingerprint density at radius 2 is 1.77 bits per heavy atom. The Bertz CT molecular complexity index is 906. The number of cyclic esters (lactones) is 1. The second-order valence-electron chi connectivity index (χ2n) is 9.77. The van der Waals surface area contributed by atoms with Crippen LogP contribution in [0.15, 0.2) is 36.4 Å². The predicted molar refractivity (Wildman–Crippen MR) is 122 cm³/mol. The van der Waals surface area contributed by atoms with Crippen LogP contribution in [0.4, 0.5) is 5.69 Å². The topological polar surface area (TPSA) is 38.8 Å². The number of esters is 1. The smallest absolute Gasteiger partial charge is 0.315 e. The number of carbonyl (C=O) groups excluding carboxylic acids is 1. The third-order valence-electron chi connectivity index (χ3n) is 7.04. The van der Waals surface area contributed by atoms with Crippen LogP contribution in [0.1, 0.15) is 57.9 Å². The number of hydrogen-bond donors (Lipinski definition) is 0. The van der Waals surface area contributed by atoms with E-state index in [0.717, 1.165) is 28.4 Å². The van der Waals surface area contributed by atoms with Crippen LogP contribution in [0.5, 0.6) is 0 Å². The van der Waals surface area contributed by atoms with E-state index < -0.39 is 6.29 Å². The van der Waals surface area contributed by atoms with Crippen molar-refractivity contribution in [3.8, 4) is 0 Å². The summed E-state index contributed by atoms with van der Waals surface area (Å²) in [4.78, 5) is 15.0. The third kappa shape index (κ3) is 4.07. The predicted octanol–water partition coefficient (Wildman–Crippen LogP) is 5.74. The summed E-state index contributed by atoms with van der Waals surface area (Å²) >= 11 is 0. The van der Waals surface area contributed by atoms with Crippen molar-refractivity contribution in [2.24, 2.45) is 17.8 Å². The van der Waals surface area contributed by atoms with Gasteiger partial charge in [0.15, 0.2) is 0 Å². The molecule has 4 rings (SSSR count). The summed E-state index contributed by atoms with van der Waals surface area (Å²) < 4.78 is 12.2. The summed E-state index contributed by atoms with van der Waals surface area (Å²) in [6, 6.07) is 12.5. The minimum Gasteiger partial charge on any atom is -0.435 e. The van der Waals surface area contributed by atoms with Crippen molar-refractivity contribution >= 4 is 22.4 Å². The normalized spacial score (nSPS) is 29.4. The van der Waals surface area contributed by atoms with Crippen molar-refractivity contribution in [1.29, 1.82) is 0 Å². The molecular formula is C26H35NO3. The van der Waals surface area contributed by atoms with E-state index >= 15 is 0 Å². The fourth-order valence-corrected chi connectivity index (χ4v) is 5.35. The van der Waals surface area contributed by atoms with Gasteiger partial charge in [-0.25, -0.2) is 0 Å². The lowest BCUT2D eigenvalue weighted by Crippen LogP contribution is -2.37. The minimum atomic E-state index is -0.439. The van der Waals surface area contributed by atoms with Crippen LogP contribution in [0.3, 0.4) is 0 Å². The number of rotatable bonds is 5. The molecule has 0 spiro atoms. The standard InChI is InChI=1S/C26H35NO3/c1-16(2)18-11-10-17(3)14-24(18)29-25-15-22(26(28)30-25)20-12-13-23(27(4)5)21-9-7-6-8-19(20)21/h6-9,12-13,16-18,22,24-25H,10-11,14-15H2,1-5H3/t17-,18+,22+,24-,25-/m1/s1. The van der Waals surface area contributed by atoms with Gasteiger partial charge in [-0.2, -0.15) is 0 Å². The van der Waals surface area contributed by atoms with Crippen LogP contribution in [-0.4, -0.2) is 32.5 Å². The number of hydrogen-bond acceptors (Lipinski definition) is 4. The van der Waals surface area contributed by atoms with Crippen molar-refractivity contribution in [2.75, 3.05) is 19.0 Å². The Labute approximate surface area is 180 Å². The molecule has 2 fully saturated rings. The Balaban J connectivity index is 1.56. The average Bonchev–Trinajstić information content (AvgIpc) is 3.06. The van der Waals surface area contributed by atoms with Crippen LogP contribution < -0.4 is 4.90 Å². The van der Waals surface area contributed by atoms with Crippen LogP contribution in [-0.2, 0) is 14.3 Å². The van der Waals surface area contributed by atoms with Crippen molar-refractivity contribution in [3.05, 3.63) is 42.0 Å². The first-order valence-corrected chi connectivity index (χ1v) is 11.4. The molecule has 0 bridgehead atoms. The molecule has 0 aromatic heterocycles. The molecule has 4 heteroatoms. The van der Waals surface area contributed by atoms with Gasteiger partial charge in [-0.3, -0.25) is 4.79 Å². The number of carbonyl (C=O) groups is 1. The fraction of sp³-hybridized carbons (Fsp3) is 0.577. The first-order chi connectivity index (χ1) is 14.3. The van der Waals surface area contributed by atoms with E-state index in [1.165, 1.54) is 12.8 Å². The van der Waals surface area contributed by atoms with Gasteiger partial charge in [-0.05, 0) is 47.6 Å². The van der Waals surface area contributed by atoms with Gasteiger partial charge < -0.3 is 14.4 Å². The summed E-state index contributed by atoms with van der Waals surface area (Å²) in [5.41, 5.74) is 2.20. The van der Waals surface area contributed by atoms with Crippen molar-refractivity contribution in [1.82, 2.24) is 0 Å². The molecule has 2 aromatic carbocycles. The van der Waals surface area contributed by atoms with E-state index in [1.54, 1.807) is 0 Å². The van der Waals surface area contributed by atoms with Gasteiger partial charge in [-0.15, -0.1) is 0 Å². The van der Waals surface area contributed by atoms with Crippen LogP contribution in [0.25, 0.3) is 10.8 Å². The van der Waals surface area contributed by atoms with Crippen LogP contribution >= 0.6 is 0 Å². The van der Waals surface area contributed by atoms with E-state index in [2.05, 4.69) is 49.9 Å². The van der Waals surface area contributed by atoms with Gasteiger partial charge in [0.1, 0.15) is 0 Å². The number of ether oxygens (including phenoxy) is 2. The second-order valence-corrected chi connectivity index (χ2v) is 9.77. The van der Waals surface area contributed by atoms with E-state index in [0.29, 0.717) is 24.2 Å². The van der Waals surface area contributed by atoms with Crippen molar-refractivity contribution < 1.29 is 14.3 Å². The zero-order chi connectivity index (χ0) is 21.4. The Morgan fingerprint density at radius 3 is 2.47 bits per heavy atom. The molecule has 1 aliphatic carbocycles. The molecule has 0 amide bonds. The molecular weight excluding hydrogens is 374 g/mol. The lowest BCUT2D eigenvalue weighted by molar-refractivity contribution is -0.186. The van der Waals surface area contributed by atoms with Gasteiger partial charge in [0, 0.05) is 31.6 Å². The highest BCUT2D eigenvalue weighted by atomic mass is 16.7. The van der Waals surface area contributed by atoms with E-state index in [-0.39, 0.29) is 18.0 Å². The van der Waals surface area contributed by atoms with Crippen molar-refractivity contribution in [2.45, 2.75) is 64.8 Å². The number of benzene rings is 2. The average molecular weight is 410 g/mol. The monoisotopic (exact) mass is 409 g/mol. The quantitative estimate of drug-likeness (QED) is 0.590. The summed E-state index contributed by atoms with van der Waals surface area (Å²) in [6.07, 6.45) is 3.86. The summed E-state index contributed by atoms with van der Waals surface area (Å²) in [7, 11) is 4.09. The number of fused-ring (bicyclic) bond motifs is 1. The molecule has 2 aliphatic rings. The first-order valence-electron chi connectivity index (χ1n) is 11.4. The lowest BCUT2D eigenvalue weighted by atomic mass is 9.75. The molecule has 0 N–H and O–H groups in total. The minimum absolute atomic E-state index is 0.160. The molecule has 1 saturated heterocycles. The van der Waals surface area contributed by atoms with E-state index in [4.69, 9.17) is 9.47 Å².